The van der Waals surface area contributed by atoms with E-state index >= 15 is 0 Å². The molecular weight excluding hydrogens is 597 g/mol. The highest BCUT2D eigenvalue weighted by atomic mass is 79.9. The predicted octanol–water partition coefficient (Wildman–Crippen LogP) is 4.22. The van der Waals surface area contributed by atoms with Gasteiger partial charge in [-0.3, -0.25) is 4.79 Å². The molecule has 0 spiro atoms. The van der Waals surface area contributed by atoms with E-state index in [1.807, 2.05) is 6.92 Å². The fourth-order valence-corrected chi connectivity index (χ4v) is 7.83. The summed E-state index contributed by atoms with van der Waals surface area (Å²) in [5.74, 6) is -0.778. The molecular formula is C26H35BrFN3O5S2. The van der Waals surface area contributed by atoms with Gasteiger partial charge >= 0.3 is 0 Å². The number of carbonyl (C=O) groups is 1. The monoisotopic (exact) mass is 631 g/mol. The molecule has 2 aromatic rings. The molecule has 1 fully saturated rings. The van der Waals surface area contributed by atoms with Gasteiger partial charge in [0.1, 0.15) is 5.82 Å². The third-order valence-electron chi connectivity index (χ3n) is 6.54. The van der Waals surface area contributed by atoms with Crippen LogP contribution < -0.4 is 0 Å². The van der Waals surface area contributed by atoms with E-state index < -0.39 is 25.9 Å². The van der Waals surface area contributed by atoms with Crippen molar-refractivity contribution in [2.75, 3.05) is 31.9 Å². The molecule has 1 aliphatic heterocycles. The van der Waals surface area contributed by atoms with Gasteiger partial charge in [0.25, 0.3) is 0 Å². The molecule has 1 amide bonds. The van der Waals surface area contributed by atoms with Gasteiger partial charge in [-0.05, 0) is 67.6 Å². The summed E-state index contributed by atoms with van der Waals surface area (Å²) in [6.07, 6.45) is 1.82. The van der Waals surface area contributed by atoms with Gasteiger partial charge in [0, 0.05) is 36.7 Å². The topological polar surface area (TPSA) is 95.1 Å². The van der Waals surface area contributed by atoms with Gasteiger partial charge in [-0.25, -0.2) is 21.2 Å². The Bertz CT molecular complexity index is 1280. The number of hydrogen-bond donors (Lipinski definition) is 0. The first-order valence-corrected chi connectivity index (χ1v) is 16.6. The number of halogens is 2. The number of benzene rings is 2. The lowest BCUT2D eigenvalue weighted by Gasteiger charge is -2.39. The number of piperidine rings is 1. The van der Waals surface area contributed by atoms with Crippen molar-refractivity contribution in [3.8, 4) is 0 Å². The maximum absolute atomic E-state index is 13.6. The average Bonchev–Trinajstić information content (AvgIpc) is 2.88. The highest BCUT2D eigenvalue weighted by molar-refractivity contribution is 9.10. The Morgan fingerprint density at radius 3 is 2.13 bits per heavy atom. The molecule has 0 N–H and O–H groups in total. The van der Waals surface area contributed by atoms with E-state index in [9.17, 15) is 26.0 Å². The van der Waals surface area contributed by atoms with Gasteiger partial charge in [-0.2, -0.15) is 8.61 Å². The standard InChI is InChI=1S/C26H35BrFN3O5S2/c1-3-15-30(37(33,34)18-4-2)20-26(32)31(19-21-5-9-23(28)10-6-21)24-13-16-29(17-14-24)38(35,36)25-11-7-22(27)8-12-25/h5-12,24H,3-4,13-20H2,1-2H3. The molecule has 1 aliphatic rings. The molecule has 0 atom stereocenters. The number of amides is 1. The Hall–Kier alpha value is -1.86. The van der Waals surface area contributed by atoms with Crippen LogP contribution in [-0.4, -0.2) is 74.2 Å². The van der Waals surface area contributed by atoms with Gasteiger partial charge in [0.05, 0.1) is 17.2 Å². The minimum atomic E-state index is -3.68. The summed E-state index contributed by atoms with van der Waals surface area (Å²) in [4.78, 5) is 15.4. The van der Waals surface area contributed by atoms with E-state index in [0.29, 0.717) is 31.2 Å². The SMILES string of the molecule is CCCN(CC(=O)N(Cc1ccc(F)cc1)C1CCN(S(=O)(=O)c2ccc(Br)cc2)CC1)S(=O)(=O)CCC. The zero-order chi connectivity index (χ0) is 27.9. The van der Waals surface area contributed by atoms with Crippen LogP contribution in [0.5, 0.6) is 0 Å². The maximum atomic E-state index is 13.6. The van der Waals surface area contributed by atoms with Gasteiger partial charge in [-0.1, -0.05) is 41.9 Å². The van der Waals surface area contributed by atoms with Crippen LogP contribution in [-0.2, 0) is 31.4 Å². The molecule has 0 bridgehead atoms. The highest BCUT2D eigenvalue weighted by Gasteiger charge is 2.35. The number of sulfonamides is 2. The van der Waals surface area contributed by atoms with E-state index in [2.05, 4.69) is 15.9 Å². The minimum absolute atomic E-state index is 0.0372. The van der Waals surface area contributed by atoms with Crippen molar-refractivity contribution in [3.05, 3.63) is 64.4 Å². The Balaban J connectivity index is 1.80. The smallest absolute Gasteiger partial charge is 0.243 e. The highest BCUT2D eigenvalue weighted by Crippen LogP contribution is 2.26. The summed E-state index contributed by atoms with van der Waals surface area (Å²) in [7, 11) is -7.27. The fourth-order valence-electron chi connectivity index (χ4n) is 4.55. The number of hydrogen-bond acceptors (Lipinski definition) is 5. The Kier molecular flexibility index (Phi) is 10.9. The molecule has 12 heteroatoms. The quantitative estimate of drug-likeness (QED) is 0.350. The van der Waals surface area contributed by atoms with Crippen LogP contribution in [0.25, 0.3) is 0 Å². The molecule has 3 rings (SSSR count). The van der Waals surface area contributed by atoms with E-state index in [4.69, 9.17) is 0 Å². The lowest BCUT2D eigenvalue weighted by Crippen LogP contribution is -2.51. The van der Waals surface area contributed by atoms with Crippen molar-refractivity contribution in [2.24, 2.45) is 0 Å². The first-order chi connectivity index (χ1) is 18.0. The van der Waals surface area contributed by atoms with Gasteiger partial charge in [0.15, 0.2) is 0 Å². The van der Waals surface area contributed by atoms with Crippen molar-refractivity contribution in [2.45, 2.75) is 57.0 Å². The van der Waals surface area contributed by atoms with Crippen LogP contribution in [0.1, 0.15) is 45.1 Å². The van der Waals surface area contributed by atoms with Crippen LogP contribution in [0.4, 0.5) is 4.39 Å². The van der Waals surface area contributed by atoms with Crippen molar-refractivity contribution < 1.29 is 26.0 Å². The first kappa shape index (κ1) is 30.7. The fraction of sp³-hybridized carbons (Fsp3) is 0.500. The Morgan fingerprint density at radius 2 is 1.58 bits per heavy atom. The summed E-state index contributed by atoms with van der Waals surface area (Å²) >= 11 is 3.32. The van der Waals surface area contributed by atoms with Crippen LogP contribution in [0.15, 0.2) is 57.9 Å². The van der Waals surface area contributed by atoms with Crippen LogP contribution in [0.2, 0.25) is 0 Å². The molecule has 2 aromatic carbocycles. The van der Waals surface area contributed by atoms with Gasteiger partial charge in [0.2, 0.25) is 26.0 Å². The van der Waals surface area contributed by atoms with Crippen molar-refractivity contribution in [1.82, 2.24) is 13.5 Å². The number of rotatable bonds is 12. The average molecular weight is 633 g/mol. The molecule has 1 heterocycles. The molecule has 0 saturated carbocycles. The van der Waals surface area contributed by atoms with Gasteiger partial charge < -0.3 is 4.90 Å². The molecule has 0 aromatic heterocycles. The van der Waals surface area contributed by atoms with E-state index in [-0.39, 0.29) is 55.3 Å². The minimum Gasteiger partial charge on any atom is -0.334 e. The van der Waals surface area contributed by atoms with Crippen molar-refractivity contribution in [3.63, 3.8) is 0 Å². The summed E-state index contributed by atoms with van der Waals surface area (Å²) in [6.45, 7) is 4.22. The molecule has 210 valence electrons. The van der Waals surface area contributed by atoms with Crippen LogP contribution in [0, 0.1) is 5.82 Å². The third kappa shape index (κ3) is 7.84. The summed E-state index contributed by atoms with van der Waals surface area (Å²) in [5.41, 5.74) is 0.711. The van der Waals surface area contributed by atoms with E-state index in [1.165, 1.54) is 20.7 Å². The lowest BCUT2D eigenvalue weighted by atomic mass is 10.0. The summed E-state index contributed by atoms with van der Waals surface area (Å²) in [5, 5.41) is 0. The van der Waals surface area contributed by atoms with E-state index in [0.717, 1.165) is 4.47 Å². The second kappa shape index (κ2) is 13.5. The Morgan fingerprint density at radius 1 is 0.974 bits per heavy atom. The Labute approximate surface area is 234 Å². The third-order valence-corrected chi connectivity index (χ3v) is 11.0. The molecule has 8 nitrogen and oxygen atoms in total. The summed E-state index contributed by atoms with van der Waals surface area (Å²) in [6, 6.07) is 12.0. The predicted molar refractivity (Wildman–Crippen MR) is 149 cm³/mol. The largest absolute Gasteiger partial charge is 0.334 e. The number of nitrogens with zero attached hydrogens (tertiary/aromatic N) is 3. The molecule has 1 saturated heterocycles. The van der Waals surface area contributed by atoms with Gasteiger partial charge in [-0.15, -0.1) is 0 Å². The molecule has 0 aliphatic carbocycles. The molecule has 38 heavy (non-hydrogen) atoms. The zero-order valence-electron chi connectivity index (χ0n) is 21.7. The van der Waals surface area contributed by atoms with Crippen LogP contribution >= 0.6 is 15.9 Å². The zero-order valence-corrected chi connectivity index (χ0v) is 24.9. The van der Waals surface area contributed by atoms with Crippen molar-refractivity contribution in [1.29, 1.82) is 0 Å². The molecule has 0 radical (unpaired) electrons. The van der Waals surface area contributed by atoms with E-state index in [1.54, 1.807) is 48.2 Å². The lowest BCUT2D eigenvalue weighted by molar-refractivity contribution is -0.135. The maximum Gasteiger partial charge on any atom is 0.243 e. The van der Waals surface area contributed by atoms with Crippen molar-refractivity contribution >= 4 is 41.9 Å². The number of carbonyl (C=O) groups excluding carboxylic acids is 1. The second-order valence-electron chi connectivity index (χ2n) is 9.39. The normalized spacial score (nSPS) is 15.6. The molecule has 0 unspecified atom stereocenters. The van der Waals surface area contributed by atoms with Crippen LogP contribution in [0.3, 0.4) is 0 Å². The second-order valence-corrected chi connectivity index (χ2v) is 14.3. The first-order valence-electron chi connectivity index (χ1n) is 12.8. The summed E-state index contributed by atoms with van der Waals surface area (Å²) < 4.78 is 68.8.